The Morgan fingerprint density at radius 3 is 2.52 bits per heavy atom. The van der Waals surface area contributed by atoms with Crippen LogP contribution in [0.25, 0.3) is 23.1 Å². The summed E-state index contributed by atoms with van der Waals surface area (Å²) in [5.74, 6) is -0.0231. The van der Waals surface area contributed by atoms with Gasteiger partial charge in [-0.05, 0) is 43.7 Å². The summed E-state index contributed by atoms with van der Waals surface area (Å²) in [6, 6.07) is 14.3. The Morgan fingerprint density at radius 2 is 1.81 bits per heavy atom. The van der Waals surface area contributed by atoms with Crippen molar-refractivity contribution < 1.29 is 18.7 Å². The molecule has 27 heavy (non-hydrogen) atoms. The van der Waals surface area contributed by atoms with Crippen molar-refractivity contribution in [2.75, 3.05) is 13.2 Å². The van der Waals surface area contributed by atoms with Crippen molar-refractivity contribution in [3.8, 4) is 5.75 Å². The van der Waals surface area contributed by atoms with Crippen molar-refractivity contribution in [2.45, 2.75) is 13.8 Å². The molecule has 0 fully saturated rings. The summed E-state index contributed by atoms with van der Waals surface area (Å²) in [7, 11) is 0. The number of benzene rings is 2. The third kappa shape index (κ3) is 4.08. The van der Waals surface area contributed by atoms with Gasteiger partial charge in [-0.3, -0.25) is 4.79 Å². The highest BCUT2D eigenvalue weighted by atomic mass is 16.5. The summed E-state index contributed by atoms with van der Waals surface area (Å²) in [6.45, 7) is 4.11. The third-order valence-corrected chi connectivity index (χ3v) is 3.90. The van der Waals surface area contributed by atoms with E-state index in [0.29, 0.717) is 23.5 Å². The molecule has 0 aliphatic rings. The molecule has 0 aliphatic carbocycles. The van der Waals surface area contributed by atoms with E-state index in [1.54, 1.807) is 32.1 Å². The standard InChI is InChI=1S/C22H20O5/c1-3-25-21-19(12-10-15-8-6-5-7-9-15)27-18-13-11-16(22(24)26-4-2)14-17(18)20(21)23/h5-14H,3-4H2,1-2H3/b12-10+. The average molecular weight is 364 g/mol. The van der Waals surface area contributed by atoms with E-state index in [2.05, 4.69) is 0 Å². The summed E-state index contributed by atoms with van der Waals surface area (Å²) in [5.41, 5.74) is 1.33. The highest BCUT2D eigenvalue weighted by molar-refractivity contribution is 5.94. The topological polar surface area (TPSA) is 65.7 Å². The van der Waals surface area contributed by atoms with Gasteiger partial charge in [-0.1, -0.05) is 36.4 Å². The lowest BCUT2D eigenvalue weighted by Crippen LogP contribution is -2.11. The minimum absolute atomic E-state index is 0.123. The lowest BCUT2D eigenvalue weighted by molar-refractivity contribution is 0.0526. The SMILES string of the molecule is CCOC(=O)c1ccc2oc(/C=C/c3ccccc3)c(OCC)c(=O)c2c1. The number of fused-ring (bicyclic) bond motifs is 1. The smallest absolute Gasteiger partial charge is 0.338 e. The average Bonchev–Trinajstić information content (AvgIpc) is 2.69. The number of carbonyl (C=O) groups is 1. The van der Waals surface area contributed by atoms with Gasteiger partial charge in [0.25, 0.3) is 0 Å². The van der Waals surface area contributed by atoms with Crippen molar-refractivity contribution in [1.82, 2.24) is 0 Å². The Balaban J connectivity index is 2.10. The van der Waals surface area contributed by atoms with E-state index in [-0.39, 0.29) is 23.2 Å². The van der Waals surface area contributed by atoms with Crippen LogP contribution in [0.3, 0.4) is 0 Å². The van der Waals surface area contributed by atoms with Crippen LogP contribution < -0.4 is 10.2 Å². The first-order valence-electron chi connectivity index (χ1n) is 8.78. The monoisotopic (exact) mass is 364 g/mol. The largest absolute Gasteiger partial charge is 0.487 e. The molecule has 0 unspecified atom stereocenters. The molecule has 0 aliphatic heterocycles. The molecule has 138 valence electrons. The van der Waals surface area contributed by atoms with E-state index in [9.17, 15) is 9.59 Å². The molecule has 3 aromatic rings. The maximum Gasteiger partial charge on any atom is 0.338 e. The fourth-order valence-electron chi connectivity index (χ4n) is 2.66. The number of rotatable bonds is 6. The molecule has 0 amide bonds. The van der Waals surface area contributed by atoms with Crippen molar-refractivity contribution in [1.29, 1.82) is 0 Å². The maximum atomic E-state index is 12.9. The van der Waals surface area contributed by atoms with Gasteiger partial charge in [-0.2, -0.15) is 0 Å². The molecule has 0 N–H and O–H groups in total. The molecule has 0 saturated carbocycles. The van der Waals surface area contributed by atoms with Crippen molar-refractivity contribution in [3.63, 3.8) is 0 Å². The Kier molecular flexibility index (Phi) is 5.71. The Morgan fingerprint density at radius 1 is 1.04 bits per heavy atom. The van der Waals surface area contributed by atoms with Crippen molar-refractivity contribution in [2.24, 2.45) is 0 Å². The normalized spacial score (nSPS) is 11.0. The number of esters is 1. The Labute approximate surface area is 156 Å². The quantitative estimate of drug-likeness (QED) is 0.601. The first-order chi connectivity index (χ1) is 13.1. The van der Waals surface area contributed by atoms with Gasteiger partial charge in [0.2, 0.25) is 11.2 Å². The van der Waals surface area contributed by atoms with E-state index in [0.717, 1.165) is 5.56 Å². The van der Waals surface area contributed by atoms with Crippen LogP contribution in [0, 0.1) is 0 Å². The molecular formula is C22H20O5. The maximum absolute atomic E-state index is 12.9. The lowest BCUT2D eigenvalue weighted by atomic mass is 10.1. The summed E-state index contributed by atoms with van der Waals surface area (Å²) < 4.78 is 16.4. The van der Waals surface area contributed by atoms with E-state index in [4.69, 9.17) is 13.9 Å². The molecule has 0 atom stereocenters. The predicted molar refractivity (Wildman–Crippen MR) is 105 cm³/mol. The van der Waals surface area contributed by atoms with E-state index in [1.165, 1.54) is 6.07 Å². The number of carbonyl (C=O) groups excluding carboxylic acids is 1. The van der Waals surface area contributed by atoms with E-state index < -0.39 is 5.97 Å². The molecule has 0 radical (unpaired) electrons. The zero-order valence-electron chi connectivity index (χ0n) is 15.2. The summed E-state index contributed by atoms with van der Waals surface area (Å²) in [4.78, 5) is 24.9. The van der Waals surface area contributed by atoms with Crippen LogP contribution in [0.1, 0.15) is 35.5 Å². The van der Waals surface area contributed by atoms with Crippen LogP contribution in [0.2, 0.25) is 0 Å². The minimum atomic E-state index is -0.482. The molecule has 0 bridgehead atoms. The van der Waals surface area contributed by atoms with Crippen LogP contribution in [-0.2, 0) is 4.74 Å². The van der Waals surface area contributed by atoms with E-state index >= 15 is 0 Å². The van der Waals surface area contributed by atoms with Gasteiger partial charge in [0, 0.05) is 0 Å². The summed E-state index contributed by atoms with van der Waals surface area (Å²) in [6.07, 6.45) is 3.56. The van der Waals surface area contributed by atoms with Crippen LogP contribution >= 0.6 is 0 Å². The van der Waals surface area contributed by atoms with Crippen LogP contribution in [0.5, 0.6) is 5.75 Å². The molecule has 1 heterocycles. The zero-order chi connectivity index (χ0) is 19.2. The number of ether oxygens (including phenoxy) is 2. The Bertz CT molecular complexity index is 1030. The second-order valence-electron chi connectivity index (χ2n) is 5.73. The molecular weight excluding hydrogens is 344 g/mol. The van der Waals surface area contributed by atoms with Gasteiger partial charge < -0.3 is 13.9 Å². The zero-order valence-corrected chi connectivity index (χ0v) is 15.2. The second kappa shape index (κ2) is 8.36. The number of hydrogen-bond donors (Lipinski definition) is 0. The van der Waals surface area contributed by atoms with Crippen molar-refractivity contribution in [3.05, 3.63) is 75.6 Å². The van der Waals surface area contributed by atoms with Gasteiger partial charge in [-0.25, -0.2) is 4.79 Å². The van der Waals surface area contributed by atoms with Crippen molar-refractivity contribution >= 4 is 29.1 Å². The van der Waals surface area contributed by atoms with Gasteiger partial charge in [0.05, 0.1) is 24.2 Å². The molecule has 1 aromatic heterocycles. The molecule has 5 nitrogen and oxygen atoms in total. The molecule has 5 heteroatoms. The van der Waals surface area contributed by atoms with Gasteiger partial charge in [-0.15, -0.1) is 0 Å². The fraction of sp³-hybridized carbons (Fsp3) is 0.182. The van der Waals surface area contributed by atoms with Crippen LogP contribution in [0.15, 0.2) is 57.7 Å². The second-order valence-corrected chi connectivity index (χ2v) is 5.73. The van der Waals surface area contributed by atoms with Gasteiger partial charge in [0.1, 0.15) is 5.58 Å². The van der Waals surface area contributed by atoms with Crippen LogP contribution in [-0.4, -0.2) is 19.2 Å². The Hall–Kier alpha value is -3.34. The highest BCUT2D eigenvalue weighted by Crippen LogP contribution is 2.24. The lowest BCUT2D eigenvalue weighted by Gasteiger charge is -2.09. The molecule has 0 saturated heterocycles. The predicted octanol–water partition coefficient (Wildman–Crippen LogP) is 4.54. The van der Waals surface area contributed by atoms with E-state index in [1.807, 2.05) is 36.4 Å². The molecule has 0 spiro atoms. The van der Waals surface area contributed by atoms with Gasteiger partial charge in [0.15, 0.2) is 5.76 Å². The molecule has 3 rings (SSSR count). The first kappa shape index (κ1) is 18.5. The summed E-state index contributed by atoms with van der Waals surface area (Å²) >= 11 is 0. The highest BCUT2D eigenvalue weighted by Gasteiger charge is 2.16. The summed E-state index contributed by atoms with van der Waals surface area (Å²) in [5, 5.41) is 0.279. The van der Waals surface area contributed by atoms with Crippen LogP contribution in [0.4, 0.5) is 0 Å². The third-order valence-electron chi connectivity index (χ3n) is 3.90. The minimum Gasteiger partial charge on any atom is -0.487 e. The molecule has 2 aromatic carbocycles. The van der Waals surface area contributed by atoms with Gasteiger partial charge >= 0.3 is 5.97 Å². The fourth-order valence-corrected chi connectivity index (χ4v) is 2.66. The first-order valence-corrected chi connectivity index (χ1v) is 8.78. The number of hydrogen-bond acceptors (Lipinski definition) is 5.